The van der Waals surface area contributed by atoms with Crippen molar-refractivity contribution in [3.8, 4) is 11.5 Å². The van der Waals surface area contributed by atoms with Crippen LogP contribution < -0.4 is 14.8 Å². The summed E-state index contributed by atoms with van der Waals surface area (Å²) in [6, 6.07) is 9.96. The van der Waals surface area contributed by atoms with Crippen LogP contribution in [0.1, 0.15) is 0 Å². The zero-order chi connectivity index (χ0) is 20.3. The third-order valence-corrected chi connectivity index (χ3v) is 4.86. The van der Waals surface area contributed by atoms with Crippen LogP contribution >= 0.6 is 23.4 Å². The molecule has 6 nitrogen and oxygen atoms in total. The van der Waals surface area contributed by atoms with Crippen molar-refractivity contribution in [2.75, 3.05) is 19.5 Å². The van der Waals surface area contributed by atoms with Gasteiger partial charge in [-0.05, 0) is 30.0 Å². The number of imidazole rings is 1. The van der Waals surface area contributed by atoms with Gasteiger partial charge in [-0.3, -0.25) is 4.79 Å². The number of aromatic nitrogens is 2. The predicted molar refractivity (Wildman–Crippen MR) is 105 cm³/mol. The second kappa shape index (κ2) is 8.66. The molecule has 0 atom stereocenters. The van der Waals surface area contributed by atoms with E-state index in [9.17, 15) is 13.6 Å². The van der Waals surface area contributed by atoms with Crippen molar-refractivity contribution in [2.45, 2.75) is 17.5 Å². The maximum absolute atomic E-state index is 12.9. The minimum atomic E-state index is -2.65. The summed E-state index contributed by atoms with van der Waals surface area (Å²) in [5, 5.41) is 3.04. The minimum absolute atomic E-state index is 0.0612. The highest BCUT2D eigenvalue weighted by atomic mass is 35.5. The summed E-state index contributed by atoms with van der Waals surface area (Å²) in [4.78, 5) is 16.8. The summed E-state index contributed by atoms with van der Waals surface area (Å²) in [5.74, 6) is -2.35. The van der Waals surface area contributed by atoms with Crippen molar-refractivity contribution in [2.24, 2.45) is 0 Å². The van der Waals surface area contributed by atoms with E-state index < -0.39 is 11.7 Å². The fraction of sp³-hybridized carbons (Fsp3) is 0.222. The lowest BCUT2D eigenvalue weighted by atomic mass is 10.2. The molecule has 0 radical (unpaired) electrons. The molecule has 0 saturated carbocycles. The molecule has 10 heteroatoms. The maximum atomic E-state index is 12.9. The number of benzene rings is 2. The topological polar surface area (TPSA) is 65.4 Å². The number of methoxy groups -OCH3 is 2. The fourth-order valence-electron chi connectivity index (χ4n) is 2.67. The average Bonchev–Trinajstić information content (AvgIpc) is 2.98. The first kappa shape index (κ1) is 20.2. The number of fused-ring (bicyclic) bond motifs is 1. The Morgan fingerprint density at radius 2 is 1.96 bits per heavy atom. The second-order valence-corrected chi connectivity index (χ2v) is 6.95. The first-order valence-electron chi connectivity index (χ1n) is 8.04. The molecule has 1 heterocycles. The highest BCUT2D eigenvalue weighted by molar-refractivity contribution is 7.99. The van der Waals surface area contributed by atoms with Crippen molar-refractivity contribution in [3.63, 3.8) is 0 Å². The molecule has 2 aromatic carbocycles. The van der Waals surface area contributed by atoms with Gasteiger partial charge < -0.3 is 19.4 Å². The molecule has 0 saturated heterocycles. The van der Waals surface area contributed by atoms with Gasteiger partial charge in [0.25, 0.3) is 5.76 Å². The van der Waals surface area contributed by atoms with Crippen LogP contribution in [-0.4, -0.2) is 35.4 Å². The van der Waals surface area contributed by atoms with E-state index in [1.165, 1.54) is 24.9 Å². The van der Waals surface area contributed by atoms with Gasteiger partial charge in [-0.25, -0.2) is 4.98 Å². The Labute approximate surface area is 168 Å². The van der Waals surface area contributed by atoms with Crippen LogP contribution in [0.4, 0.5) is 14.5 Å². The van der Waals surface area contributed by atoms with Crippen molar-refractivity contribution in [1.29, 1.82) is 0 Å². The summed E-state index contributed by atoms with van der Waals surface area (Å²) in [7, 11) is 2.91. The van der Waals surface area contributed by atoms with Crippen LogP contribution in [0, 0.1) is 0 Å². The van der Waals surface area contributed by atoms with Gasteiger partial charge in [0.15, 0.2) is 5.16 Å². The molecular weight excluding hydrogens is 412 g/mol. The number of anilines is 1. The number of carbonyl (C=O) groups is 1. The van der Waals surface area contributed by atoms with E-state index in [0.717, 1.165) is 0 Å². The predicted octanol–water partition coefficient (Wildman–Crippen LogP) is 4.66. The molecule has 28 heavy (non-hydrogen) atoms. The number of para-hydroxylation sites is 2. The molecule has 0 fully saturated rings. The van der Waals surface area contributed by atoms with Crippen LogP contribution in [0.3, 0.4) is 0 Å². The largest absolute Gasteiger partial charge is 0.495 e. The van der Waals surface area contributed by atoms with E-state index in [4.69, 9.17) is 21.1 Å². The van der Waals surface area contributed by atoms with E-state index in [1.54, 1.807) is 30.3 Å². The second-order valence-electron chi connectivity index (χ2n) is 5.58. The number of halogens is 3. The van der Waals surface area contributed by atoms with Crippen molar-refractivity contribution in [1.82, 2.24) is 9.55 Å². The first-order chi connectivity index (χ1) is 13.4. The van der Waals surface area contributed by atoms with Gasteiger partial charge in [-0.1, -0.05) is 23.7 Å². The molecule has 1 amide bonds. The van der Waals surface area contributed by atoms with Gasteiger partial charge in [-0.2, -0.15) is 8.78 Å². The van der Waals surface area contributed by atoms with E-state index in [1.807, 2.05) is 0 Å². The summed E-state index contributed by atoms with van der Waals surface area (Å²) >= 11 is 6.40. The minimum Gasteiger partial charge on any atom is -0.495 e. The number of alkyl halides is 2. The van der Waals surface area contributed by atoms with Crippen LogP contribution in [0.5, 0.6) is 11.5 Å². The van der Waals surface area contributed by atoms with Crippen molar-refractivity contribution < 1.29 is 23.0 Å². The summed E-state index contributed by atoms with van der Waals surface area (Å²) in [6.45, 7) is -0.206. The summed E-state index contributed by atoms with van der Waals surface area (Å²) < 4.78 is 37.6. The zero-order valence-corrected chi connectivity index (χ0v) is 16.5. The van der Waals surface area contributed by atoms with Gasteiger partial charge in [0.05, 0.1) is 36.0 Å². The quantitative estimate of drug-likeness (QED) is 0.555. The highest BCUT2D eigenvalue weighted by Crippen LogP contribution is 2.36. The SMILES string of the molecule is COc1cc(OC)c(NC(=O)Cn2c(SC(F)F)nc3ccccc32)cc1Cl. The Hall–Kier alpha value is -2.52. The van der Waals surface area contributed by atoms with E-state index in [2.05, 4.69) is 10.3 Å². The van der Waals surface area contributed by atoms with Crippen molar-refractivity contribution in [3.05, 3.63) is 41.4 Å². The van der Waals surface area contributed by atoms with Crippen LogP contribution in [-0.2, 0) is 11.3 Å². The summed E-state index contributed by atoms with van der Waals surface area (Å²) in [6.07, 6.45) is 0. The smallest absolute Gasteiger partial charge is 0.291 e. The maximum Gasteiger partial charge on any atom is 0.291 e. The van der Waals surface area contributed by atoms with Crippen molar-refractivity contribution >= 4 is 46.0 Å². The van der Waals surface area contributed by atoms with Crippen LogP contribution in [0.25, 0.3) is 11.0 Å². The monoisotopic (exact) mass is 427 g/mol. The normalized spacial score (nSPS) is 11.1. The Morgan fingerprint density at radius 3 is 2.64 bits per heavy atom. The fourth-order valence-corrected chi connectivity index (χ4v) is 3.51. The number of thioether (sulfide) groups is 1. The molecule has 148 valence electrons. The van der Waals surface area contributed by atoms with E-state index in [0.29, 0.717) is 45.0 Å². The third-order valence-electron chi connectivity index (χ3n) is 3.86. The molecular formula is C18H16ClF2N3O3S. The molecule has 1 N–H and O–H groups in total. The number of rotatable bonds is 7. The third kappa shape index (κ3) is 4.31. The summed E-state index contributed by atoms with van der Waals surface area (Å²) in [5.41, 5.74) is 1.45. The molecule has 0 spiro atoms. The van der Waals surface area contributed by atoms with Crippen LogP contribution in [0.15, 0.2) is 41.6 Å². The Morgan fingerprint density at radius 1 is 1.25 bits per heavy atom. The molecule has 1 aromatic heterocycles. The molecule has 0 aliphatic rings. The average molecular weight is 428 g/mol. The van der Waals surface area contributed by atoms with E-state index >= 15 is 0 Å². The molecule has 3 rings (SSSR count). The van der Waals surface area contributed by atoms with Gasteiger partial charge in [0.1, 0.15) is 18.0 Å². The number of nitrogens with one attached hydrogen (secondary N) is 1. The number of ether oxygens (including phenoxy) is 2. The Balaban J connectivity index is 1.89. The van der Waals surface area contributed by atoms with Crippen LogP contribution in [0.2, 0.25) is 5.02 Å². The first-order valence-corrected chi connectivity index (χ1v) is 9.30. The lowest BCUT2D eigenvalue weighted by molar-refractivity contribution is -0.116. The van der Waals surface area contributed by atoms with E-state index in [-0.39, 0.29) is 11.7 Å². The Bertz CT molecular complexity index is 1010. The number of hydrogen-bond acceptors (Lipinski definition) is 5. The number of amides is 1. The van der Waals surface area contributed by atoms with Gasteiger partial charge in [0.2, 0.25) is 5.91 Å². The standard InChI is InChI=1S/C18H16ClF2N3O3S/c1-26-14-8-15(27-2)12(7-10(14)19)22-16(25)9-24-13-6-4-3-5-11(13)23-18(24)28-17(20)21/h3-8,17H,9H2,1-2H3,(H,22,25). The molecule has 3 aromatic rings. The highest BCUT2D eigenvalue weighted by Gasteiger charge is 2.19. The number of carbonyl (C=O) groups excluding carboxylic acids is 1. The number of hydrogen-bond donors (Lipinski definition) is 1. The zero-order valence-electron chi connectivity index (χ0n) is 14.9. The van der Waals surface area contributed by atoms with Gasteiger partial charge in [-0.15, -0.1) is 0 Å². The molecule has 0 aliphatic carbocycles. The molecule has 0 aliphatic heterocycles. The number of nitrogens with zero attached hydrogens (tertiary/aromatic N) is 2. The van der Waals surface area contributed by atoms with Gasteiger partial charge >= 0.3 is 0 Å². The molecule has 0 bridgehead atoms. The molecule has 0 unspecified atom stereocenters. The Kier molecular flexibility index (Phi) is 6.25. The lowest BCUT2D eigenvalue weighted by Gasteiger charge is -2.14. The van der Waals surface area contributed by atoms with Gasteiger partial charge in [0, 0.05) is 6.07 Å². The lowest BCUT2D eigenvalue weighted by Crippen LogP contribution is -2.20.